The lowest BCUT2D eigenvalue weighted by atomic mass is 10.0. The molecule has 1 N–H and O–H groups in total. The van der Waals surface area contributed by atoms with Crippen LogP contribution in [0.25, 0.3) is 10.9 Å². The van der Waals surface area contributed by atoms with E-state index < -0.39 is 0 Å². The fourth-order valence-electron chi connectivity index (χ4n) is 2.48. The van der Waals surface area contributed by atoms with Crippen molar-refractivity contribution >= 4 is 10.9 Å². The van der Waals surface area contributed by atoms with Crippen LogP contribution in [0.1, 0.15) is 37.9 Å². The largest absolute Gasteiger partial charge is 0.345 e. The predicted molar refractivity (Wildman–Crippen MR) is 79.3 cm³/mol. The third kappa shape index (κ3) is 2.44. The number of hydrogen-bond acceptors (Lipinski definition) is 1. The second kappa shape index (κ2) is 5.15. The number of nitrogens with zero attached hydrogens (tertiary/aromatic N) is 1. The number of aryl methyl sites for hydroxylation is 1. The fourth-order valence-corrected chi connectivity index (χ4v) is 2.48. The molecule has 0 amide bonds. The van der Waals surface area contributed by atoms with E-state index in [4.69, 9.17) is 0 Å². The van der Waals surface area contributed by atoms with Crippen LogP contribution < -0.4 is 5.32 Å². The molecule has 0 bridgehead atoms. The summed E-state index contributed by atoms with van der Waals surface area (Å²) in [6.45, 7) is 8.89. The number of nitrogens with one attached hydrogen (secondary N) is 1. The Kier molecular flexibility index (Phi) is 3.76. The van der Waals surface area contributed by atoms with Gasteiger partial charge in [0.15, 0.2) is 0 Å². The average Bonchev–Trinajstić information content (AvgIpc) is 2.66. The Bertz CT molecular complexity index is 537. The standard InChI is InChI=1S/C16H24N2/c1-11(2)18-10-12(3)15-7-6-14(9-16(15)18)8-13(4)17-5/h6-7,9-11,13,17H,8H2,1-5H3. The summed E-state index contributed by atoms with van der Waals surface area (Å²) in [6, 6.07) is 7.90. The smallest absolute Gasteiger partial charge is 0.0488 e. The summed E-state index contributed by atoms with van der Waals surface area (Å²) < 4.78 is 2.37. The molecule has 1 heterocycles. The minimum absolute atomic E-state index is 0.512. The van der Waals surface area contributed by atoms with Gasteiger partial charge in [-0.25, -0.2) is 0 Å². The Morgan fingerprint density at radius 3 is 2.56 bits per heavy atom. The van der Waals surface area contributed by atoms with Crippen LogP contribution in [-0.2, 0) is 6.42 Å². The molecule has 2 rings (SSSR count). The van der Waals surface area contributed by atoms with Gasteiger partial charge in [0.05, 0.1) is 0 Å². The lowest BCUT2D eigenvalue weighted by Crippen LogP contribution is -2.23. The molecule has 0 radical (unpaired) electrons. The van der Waals surface area contributed by atoms with Gasteiger partial charge in [0.1, 0.15) is 0 Å². The summed E-state index contributed by atoms with van der Waals surface area (Å²) in [7, 11) is 2.02. The highest BCUT2D eigenvalue weighted by Gasteiger charge is 2.09. The summed E-state index contributed by atoms with van der Waals surface area (Å²) in [5.74, 6) is 0. The van der Waals surface area contributed by atoms with E-state index in [-0.39, 0.29) is 0 Å². The first-order chi connectivity index (χ1) is 8.52. The van der Waals surface area contributed by atoms with Crippen LogP contribution in [0.5, 0.6) is 0 Å². The van der Waals surface area contributed by atoms with E-state index in [9.17, 15) is 0 Å². The molecule has 1 atom stereocenters. The SMILES string of the molecule is CNC(C)Cc1ccc2c(C)cn(C(C)C)c2c1. The van der Waals surface area contributed by atoms with Crippen molar-refractivity contribution in [3.05, 3.63) is 35.5 Å². The maximum Gasteiger partial charge on any atom is 0.0488 e. The minimum atomic E-state index is 0.512. The summed E-state index contributed by atoms with van der Waals surface area (Å²) in [5.41, 5.74) is 4.14. The number of rotatable bonds is 4. The van der Waals surface area contributed by atoms with Crippen LogP contribution in [0.3, 0.4) is 0 Å². The molecule has 1 aromatic carbocycles. The molecule has 0 aliphatic rings. The van der Waals surface area contributed by atoms with Crippen molar-refractivity contribution in [3.8, 4) is 0 Å². The Morgan fingerprint density at radius 2 is 1.94 bits per heavy atom. The zero-order chi connectivity index (χ0) is 13.3. The van der Waals surface area contributed by atoms with Gasteiger partial charge >= 0.3 is 0 Å². The molecule has 2 nitrogen and oxygen atoms in total. The van der Waals surface area contributed by atoms with E-state index in [1.807, 2.05) is 7.05 Å². The van der Waals surface area contributed by atoms with Crippen molar-refractivity contribution in [3.63, 3.8) is 0 Å². The first-order valence-corrected chi connectivity index (χ1v) is 6.80. The maximum absolute atomic E-state index is 3.30. The zero-order valence-electron chi connectivity index (χ0n) is 12.1. The van der Waals surface area contributed by atoms with E-state index in [1.165, 1.54) is 22.0 Å². The highest BCUT2D eigenvalue weighted by atomic mass is 15.0. The number of fused-ring (bicyclic) bond motifs is 1. The molecule has 0 fully saturated rings. The van der Waals surface area contributed by atoms with Crippen LogP contribution in [0.2, 0.25) is 0 Å². The molecular weight excluding hydrogens is 220 g/mol. The third-order valence-corrected chi connectivity index (χ3v) is 3.69. The maximum atomic E-state index is 3.30. The van der Waals surface area contributed by atoms with Gasteiger partial charge in [-0.15, -0.1) is 0 Å². The van der Waals surface area contributed by atoms with Crippen molar-refractivity contribution in [1.29, 1.82) is 0 Å². The molecule has 2 aromatic rings. The second-order valence-corrected chi connectivity index (χ2v) is 5.56. The van der Waals surface area contributed by atoms with Gasteiger partial charge in [-0.05, 0) is 58.4 Å². The molecule has 0 spiro atoms. The topological polar surface area (TPSA) is 17.0 Å². The molecule has 0 saturated carbocycles. The van der Waals surface area contributed by atoms with Crippen molar-refractivity contribution in [2.24, 2.45) is 0 Å². The van der Waals surface area contributed by atoms with Crippen LogP contribution in [0.4, 0.5) is 0 Å². The summed E-state index contributed by atoms with van der Waals surface area (Å²) >= 11 is 0. The van der Waals surface area contributed by atoms with Gasteiger partial charge in [-0.3, -0.25) is 0 Å². The molecular formula is C16H24N2. The Balaban J connectivity index is 2.45. The summed E-state index contributed by atoms with van der Waals surface area (Å²) in [5, 5.41) is 4.68. The molecule has 98 valence electrons. The van der Waals surface area contributed by atoms with Gasteiger partial charge in [-0.1, -0.05) is 12.1 Å². The monoisotopic (exact) mass is 244 g/mol. The summed E-state index contributed by atoms with van der Waals surface area (Å²) in [4.78, 5) is 0. The van der Waals surface area contributed by atoms with Crippen LogP contribution in [0, 0.1) is 6.92 Å². The first-order valence-electron chi connectivity index (χ1n) is 6.80. The van der Waals surface area contributed by atoms with Gasteiger partial charge < -0.3 is 9.88 Å². The van der Waals surface area contributed by atoms with Gasteiger partial charge in [0.2, 0.25) is 0 Å². The predicted octanol–water partition coefficient (Wildman–Crippen LogP) is 3.68. The second-order valence-electron chi connectivity index (χ2n) is 5.56. The average molecular weight is 244 g/mol. The Morgan fingerprint density at radius 1 is 1.22 bits per heavy atom. The molecule has 2 heteroatoms. The molecule has 1 unspecified atom stereocenters. The quantitative estimate of drug-likeness (QED) is 0.868. The van der Waals surface area contributed by atoms with E-state index in [0.29, 0.717) is 12.1 Å². The first kappa shape index (κ1) is 13.2. The van der Waals surface area contributed by atoms with E-state index in [0.717, 1.165) is 6.42 Å². The van der Waals surface area contributed by atoms with Crippen molar-refractivity contribution < 1.29 is 0 Å². The van der Waals surface area contributed by atoms with Crippen LogP contribution >= 0.6 is 0 Å². The van der Waals surface area contributed by atoms with Gasteiger partial charge in [0.25, 0.3) is 0 Å². The molecule has 18 heavy (non-hydrogen) atoms. The lowest BCUT2D eigenvalue weighted by molar-refractivity contribution is 0.607. The molecule has 0 aliphatic carbocycles. The van der Waals surface area contributed by atoms with Crippen molar-refractivity contribution in [2.75, 3.05) is 7.05 Å². The number of aromatic nitrogens is 1. The number of likely N-dealkylation sites (N-methyl/N-ethyl adjacent to an activating group) is 1. The fraction of sp³-hybridized carbons (Fsp3) is 0.500. The molecule has 1 aromatic heterocycles. The van der Waals surface area contributed by atoms with Crippen LogP contribution in [0.15, 0.2) is 24.4 Å². The molecule has 0 aliphatic heterocycles. The van der Waals surface area contributed by atoms with E-state index in [1.54, 1.807) is 0 Å². The number of hydrogen-bond donors (Lipinski definition) is 1. The number of benzene rings is 1. The molecule has 0 saturated heterocycles. The van der Waals surface area contributed by atoms with E-state index in [2.05, 4.69) is 62.0 Å². The van der Waals surface area contributed by atoms with Gasteiger partial charge in [0, 0.05) is 29.2 Å². The highest BCUT2D eigenvalue weighted by molar-refractivity contribution is 5.84. The Labute approximate surface area is 110 Å². The highest BCUT2D eigenvalue weighted by Crippen LogP contribution is 2.25. The zero-order valence-corrected chi connectivity index (χ0v) is 12.1. The van der Waals surface area contributed by atoms with Crippen molar-refractivity contribution in [1.82, 2.24) is 9.88 Å². The lowest BCUT2D eigenvalue weighted by Gasteiger charge is -2.12. The van der Waals surface area contributed by atoms with Crippen molar-refractivity contribution in [2.45, 2.75) is 46.2 Å². The Hall–Kier alpha value is -1.28. The normalized spacial score (nSPS) is 13.4. The minimum Gasteiger partial charge on any atom is -0.345 e. The van der Waals surface area contributed by atoms with E-state index >= 15 is 0 Å². The van der Waals surface area contributed by atoms with Gasteiger partial charge in [-0.2, -0.15) is 0 Å². The van der Waals surface area contributed by atoms with Crippen LogP contribution in [-0.4, -0.2) is 17.7 Å². The summed E-state index contributed by atoms with van der Waals surface area (Å²) in [6.07, 6.45) is 3.34. The third-order valence-electron chi connectivity index (χ3n) is 3.69.